The van der Waals surface area contributed by atoms with Gasteiger partial charge in [-0.3, -0.25) is 0 Å². The van der Waals surface area contributed by atoms with Gasteiger partial charge in [-0.25, -0.2) is 9.18 Å². The van der Waals surface area contributed by atoms with Gasteiger partial charge in [0.05, 0.1) is 0 Å². The molecule has 3 N–H and O–H groups in total. The minimum Gasteiger partial charge on any atom is -0.508 e. The molecular weight excluding hydrogens is 299 g/mol. The number of aliphatic hydroxyl groups is 1. The standard InChI is InChI=1S/C18H25FO4/c1-17(2,14-9-13(19)7-8-15(14)20)11-18(23,16(21)22)10-12-5-3-4-6-12/h7-9,12,20,23H,3-6,10-11H2,1-2H3,(H,21,22). The summed E-state index contributed by atoms with van der Waals surface area (Å²) in [5.41, 5.74) is -2.45. The van der Waals surface area contributed by atoms with Gasteiger partial charge in [-0.1, -0.05) is 39.5 Å². The molecule has 0 spiro atoms. The van der Waals surface area contributed by atoms with Crippen LogP contribution in [0.15, 0.2) is 18.2 Å². The number of hydrogen-bond acceptors (Lipinski definition) is 3. The topological polar surface area (TPSA) is 77.8 Å². The fraction of sp³-hybridized carbons (Fsp3) is 0.611. The van der Waals surface area contributed by atoms with Gasteiger partial charge in [0.15, 0.2) is 5.60 Å². The van der Waals surface area contributed by atoms with Crippen molar-refractivity contribution in [2.24, 2.45) is 5.92 Å². The summed E-state index contributed by atoms with van der Waals surface area (Å²) in [4.78, 5) is 11.7. The van der Waals surface area contributed by atoms with Gasteiger partial charge in [-0.15, -0.1) is 0 Å². The molecule has 1 fully saturated rings. The van der Waals surface area contributed by atoms with Crippen molar-refractivity contribution in [3.8, 4) is 5.75 Å². The molecule has 0 radical (unpaired) electrons. The van der Waals surface area contributed by atoms with Crippen LogP contribution in [0, 0.1) is 11.7 Å². The Morgan fingerprint density at radius 2 is 1.91 bits per heavy atom. The Hall–Kier alpha value is -1.62. The largest absolute Gasteiger partial charge is 0.508 e. The Bertz CT molecular complexity index is 578. The molecule has 0 aliphatic heterocycles. The molecule has 1 aliphatic carbocycles. The number of carbonyl (C=O) groups is 1. The van der Waals surface area contributed by atoms with Crippen molar-refractivity contribution in [1.82, 2.24) is 0 Å². The van der Waals surface area contributed by atoms with Crippen molar-refractivity contribution in [1.29, 1.82) is 0 Å². The van der Waals surface area contributed by atoms with E-state index in [1.54, 1.807) is 13.8 Å². The fourth-order valence-corrected chi connectivity index (χ4v) is 3.80. The third kappa shape index (κ3) is 4.02. The highest BCUT2D eigenvalue weighted by atomic mass is 19.1. The van der Waals surface area contributed by atoms with E-state index in [9.17, 15) is 24.5 Å². The van der Waals surface area contributed by atoms with Crippen LogP contribution in [0.4, 0.5) is 4.39 Å². The van der Waals surface area contributed by atoms with E-state index >= 15 is 0 Å². The van der Waals surface area contributed by atoms with Crippen molar-refractivity contribution >= 4 is 5.97 Å². The summed E-state index contributed by atoms with van der Waals surface area (Å²) in [5, 5.41) is 30.3. The second-order valence-corrected chi connectivity index (χ2v) is 7.41. The number of aromatic hydroxyl groups is 1. The molecule has 1 unspecified atom stereocenters. The highest BCUT2D eigenvalue weighted by Gasteiger charge is 2.44. The van der Waals surface area contributed by atoms with E-state index in [1.165, 1.54) is 12.1 Å². The molecular formula is C18H25FO4. The van der Waals surface area contributed by atoms with Crippen LogP contribution in [0.5, 0.6) is 5.75 Å². The van der Waals surface area contributed by atoms with Crippen molar-refractivity contribution in [3.05, 3.63) is 29.6 Å². The molecule has 23 heavy (non-hydrogen) atoms. The molecule has 1 aromatic carbocycles. The SMILES string of the molecule is CC(C)(CC(O)(CC1CCCC1)C(=O)O)c1cc(F)ccc1O. The van der Waals surface area contributed by atoms with Gasteiger partial charge < -0.3 is 15.3 Å². The van der Waals surface area contributed by atoms with Crippen LogP contribution < -0.4 is 0 Å². The van der Waals surface area contributed by atoms with Gasteiger partial charge >= 0.3 is 5.97 Å². The molecule has 0 amide bonds. The third-order valence-electron chi connectivity index (χ3n) is 4.92. The number of hydrogen-bond donors (Lipinski definition) is 3. The number of benzene rings is 1. The molecule has 128 valence electrons. The first kappa shape index (κ1) is 17.7. The fourth-order valence-electron chi connectivity index (χ4n) is 3.80. The number of rotatable bonds is 6. The highest BCUT2D eigenvalue weighted by Crippen LogP contribution is 2.41. The van der Waals surface area contributed by atoms with Gasteiger partial charge in [-0.2, -0.15) is 0 Å². The van der Waals surface area contributed by atoms with Gasteiger partial charge in [0.2, 0.25) is 0 Å². The van der Waals surface area contributed by atoms with E-state index in [-0.39, 0.29) is 24.5 Å². The zero-order valence-corrected chi connectivity index (χ0v) is 13.7. The second-order valence-electron chi connectivity index (χ2n) is 7.41. The van der Waals surface area contributed by atoms with E-state index in [0.717, 1.165) is 31.7 Å². The number of aliphatic carboxylic acids is 1. The average Bonchev–Trinajstić information content (AvgIpc) is 2.93. The van der Waals surface area contributed by atoms with Gasteiger partial charge in [0.1, 0.15) is 11.6 Å². The number of phenols is 1. The lowest BCUT2D eigenvalue weighted by atomic mass is 9.72. The maximum absolute atomic E-state index is 13.5. The molecule has 2 rings (SSSR count). The van der Waals surface area contributed by atoms with Crippen LogP contribution in [0.3, 0.4) is 0 Å². The molecule has 0 aromatic heterocycles. The normalized spacial score (nSPS) is 18.8. The zero-order valence-electron chi connectivity index (χ0n) is 13.7. The van der Waals surface area contributed by atoms with Crippen molar-refractivity contribution in [2.75, 3.05) is 0 Å². The summed E-state index contributed by atoms with van der Waals surface area (Å²) < 4.78 is 13.5. The molecule has 1 aliphatic rings. The lowest BCUT2D eigenvalue weighted by Gasteiger charge is -2.35. The molecule has 1 saturated carbocycles. The number of phenolic OH excluding ortho intramolecular Hbond substituents is 1. The van der Waals surface area contributed by atoms with Crippen LogP contribution in [0.1, 0.15) is 57.9 Å². The number of halogens is 1. The van der Waals surface area contributed by atoms with Crippen LogP contribution in [-0.2, 0) is 10.2 Å². The smallest absolute Gasteiger partial charge is 0.335 e. The summed E-state index contributed by atoms with van der Waals surface area (Å²) in [6, 6.07) is 3.60. The van der Waals surface area contributed by atoms with E-state index in [2.05, 4.69) is 0 Å². The summed E-state index contributed by atoms with van der Waals surface area (Å²) in [5.74, 6) is -1.65. The Morgan fingerprint density at radius 1 is 1.30 bits per heavy atom. The highest BCUT2D eigenvalue weighted by molar-refractivity contribution is 5.77. The molecule has 5 heteroatoms. The Kier molecular flexibility index (Phi) is 4.99. The average molecular weight is 324 g/mol. The first-order chi connectivity index (χ1) is 10.6. The molecule has 4 nitrogen and oxygen atoms in total. The second kappa shape index (κ2) is 6.48. The number of carboxylic acid groups (broad SMARTS) is 1. The predicted octanol–water partition coefficient (Wildman–Crippen LogP) is 3.60. The Morgan fingerprint density at radius 3 is 2.48 bits per heavy atom. The van der Waals surface area contributed by atoms with Gasteiger partial charge in [0.25, 0.3) is 0 Å². The lowest BCUT2D eigenvalue weighted by molar-refractivity contribution is -0.163. The van der Waals surface area contributed by atoms with Crippen LogP contribution >= 0.6 is 0 Å². The maximum atomic E-state index is 13.5. The molecule has 0 heterocycles. The predicted molar refractivity (Wildman–Crippen MR) is 84.9 cm³/mol. The Labute approximate surface area is 136 Å². The molecule has 1 aromatic rings. The minimum absolute atomic E-state index is 0.0805. The Balaban J connectivity index is 2.26. The molecule has 0 saturated heterocycles. The van der Waals surface area contributed by atoms with Crippen molar-refractivity contribution in [2.45, 2.75) is 63.4 Å². The monoisotopic (exact) mass is 324 g/mol. The van der Waals surface area contributed by atoms with Crippen LogP contribution in [-0.4, -0.2) is 26.9 Å². The number of carboxylic acids is 1. The molecule has 1 atom stereocenters. The van der Waals surface area contributed by atoms with E-state index in [0.29, 0.717) is 5.56 Å². The van der Waals surface area contributed by atoms with Crippen molar-refractivity contribution < 1.29 is 24.5 Å². The lowest BCUT2D eigenvalue weighted by Crippen LogP contribution is -2.45. The summed E-state index contributed by atoms with van der Waals surface area (Å²) in [7, 11) is 0. The van der Waals surface area contributed by atoms with Crippen LogP contribution in [0.25, 0.3) is 0 Å². The summed E-state index contributed by atoms with van der Waals surface area (Å²) in [6.45, 7) is 3.42. The first-order valence-corrected chi connectivity index (χ1v) is 8.09. The van der Waals surface area contributed by atoms with Gasteiger partial charge in [0, 0.05) is 5.56 Å². The maximum Gasteiger partial charge on any atom is 0.335 e. The first-order valence-electron chi connectivity index (χ1n) is 8.09. The van der Waals surface area contributed by atoms with Crippen LogP contribution in [0.2, 0.25) is 0 Å². The summed E-state index contributed by atoms with van der Waals surface area (Å²) >= 11 is 0. The van der Waals surface area contributed by atoms with Gasteiger partial charge in [-0.05, 0) is 42.4 Å². The van der Waals surface area contributed by atoms with E-state index in [4.69, 9.17) is 0 Å². The summed E-state index contributed by atoms with van der Waals surface area (Å²) in [6.07, 6.45) is 4.11. The third-order valence-corrected chi connectivity index (χ3v) is 4.92. The van der Waals surface area contributed by atoms with E-state index < -0.39 is 22.8 Å². The minimum atomic E-state index is -1.88. The molecule has 0 bridgehead atoms. The van der Waals surface area contributed by atoms with E-state index in [1.807, 2.05) is 0 Å². The zero-order chi connectivity index (χ0) is 17.3. The quantitative estimate of drug-likeness (QED) is 0.747. The van der Waals surface area contributed by atoms with Crippen molar-refractivity contribution in [3.63, 3.8) is 0 Å².